The Labute approximate surface area is 104 Å². The third-order valence-corrected chi connectivity index (χ3v) is 2.43. The summed E-state index contributed by atoms with van der Waals surface area (Å²) in [4.78, 5) is 15.5. The first-order valence-electron chi connectivity index (χ1n) is 5.60. The molecule has 0 unspecified atom stereocenters. The van der Waals surface area contributed by atoms with Crippen LogP contribution in [0.5, 0.6) is 0 Å². The Morgan fingerprint density at radius 3 is 3.06 bits per heavy atom. The van der Waals surface area contributed by atoms with Crippen molar-refractivity contribution in [2.75, 3.05) is 5.32 Å². The van der Waals surface area contributed by atoms with Gasteiger partial charge in [0.2, 0.25) is 5.91 Å². The largest absolute Gasteiger partial charge is 0.392 e. The molecule has 1 aromatic carbocycles. The third-order valence-electron chi connectivity index (χ3n) is 2.43. The maximum absolute atomic E-state index is 11.7. The zero-order chi connectivity index (χ0) is 12.8. The van der Waals surface area contributed by atoms with E-state index in [0.717, 1.165) is 5.56 Å². The molecule has 0 bridgehead atoms. The standard InChI is InChI=1S/C12H14N4O2/c17-7-10-2-1-3-11(6-10)15-12(18)4-5-16-9-13-8-14-16/h1-3,6,8-9,17H,4-5,7H2,(H,15,18). The first-order chi connectivity index (χ1) is 8.78. The number of aliphatic hydroxyl groups is 1. The van der Waals surface area contributed by atoms with Gasteiger partial charge >= 0.3 is 0 Å². The Hall–Kier alpha value is -2.21. The fourth-order valence-corrected chi connectivity index (χ4v) is 1.54. The normalized spacial score (nSPS) is 10.3. The highest BCUT2D eigenvalue weighted by atomic mass is 16.3. The molecular weight excluding hydrogens is 232 g/mol. The SMILES string of the molecule is O=C(CCn1cncn1)Nc1cccc(CO)c1. The van der Waals surface area contributed by atoms with E-state index in [2.05, 4.69) is 15.4 Å². The van der Waals surface area contributed by atoms with Crippen LogP contribution < -0.4 is 5.32 Å². The van der Waals surface area contributed by atoms with Crippen LogP contribution in [0.1, 0.15) is 12.0 Å². The molecule has 6 nitrogen and oxygen atoms in total. The zero-order valence-electron chi connectivity index (χ0n) is 9.78. The summed E-state index contributed by atoms with van der Waals surface area (Å²) in [5.41, 5.74) is 1.45. The number of aliphatic hydroxyl groups excluding tert-OH is 1. The van der Waals surface area contributed by atoms with E-state index in [4.69, 9.17) is 5.11 Å². The third kappa shape index (κ3) is 3.39. The first kappa shape index (κ1) is 12.3. The van der Waals surface area contributed by atoms with Gasteiger partial charge in [-0.3, -0.25) is 9.48 Å². The van der Waals surface area contributed by atoms with Gasteiger partial charge in [-0.1, -0.05) is 12.1 Å². The van der Waals surface area contributed by atoms with Crippen molar-refractivity contribution in [2.24, 2.45) is 0 Å². The molecule has 1 aromatic heterocycles. The van der Waals surface area contributed by atoms with Crippen molar-refractivity contribution in [3.05, 3.63) is 42.5 Å². The summed E-state index contributed by atoms with van der Waals surface area (Å²) in [6.07, 6.45) is 3.33. The number of carbonyl (C=O) groups is 1. The molecule has 0 fully saturated rings. The van der Waals surface area contributed by atoms with Crippen LogP contribution >= 0.6 is 0 Å². The lowest BCUT2D eigenvalue weighted by Crippen LogP contribution is -2.14. The van der Waals surface area contributed by atoms with Gasteiger partial charge in [-0.05, 0) is 17.7 Å². The molecule has 0 radical (unpaired) electrons. The number of aromatic nitrogens is 3. The smallest absolute Gasteiger partial charge is 0.226 e. The fourth-order valence-electron chi connectivity index (χ4n) is 1.54. The minimum Gasteiger partial charge on any atom is -0.392 e. The number of carbonyl (C=O) groups excluding carboxylic acids is 1. The van der Waals surface area contributed by atoms with Crippen LogP contribution in [0.3, 0.4) is 0 Å². The number of benzene rings is 1. The fraction of sp³-hybridized carbons (Fsp3) is 0.250. The Morgan fingerprint density at radius 2 is 2.33 bits per heavy atom. The second-order valence-electron chi connectivity index (χ2n) is 3.82. The highest BCUT2D eigenvalue weighted by Gasteiger charge is 2.03. The summed E-state index contributed by atoms with van der Waals surface area (Å²) in [5.74, 6) is -0.0967. The number of hydrogen-bond donors (Lipinski definition) is 2. The summed E-state index contributed by atoms with van der Waals surface area (Å²) in [6.45, 7) is 0.453. The maximum Gasteiger partial charge on any atom is 0.226 e. The highest BCUT2D eigenvalue weighted by molar-refractivity contribution is 5.90. The van der Waals surface area contributed by atoms with Gasteiger partial charge in [-0.2, -0.15) is 5.10 Å². The number of anilines is 1. The van der Waals surface area contributed by atoms with Crippen LogP contribution in [0.25, 0.3) is 0 Å². The van der Waals surface area contributed by atoms with Crippen molar-refractivity contribution in [1.29, 1.82) is 0 Å². The van der Waals surface area contributed by atoms with Crippen LogP contribution in [0.15, 0.2) is 36.9 Å². The lowest BCUT2D eigenvalue weighted by Gasteiger charge is -2.06. The molecule has 0 spiro atoms. The van der Waals surface area contributed by atoms with Gasteiger partial charge in [0.25, 0.3) is 0 Å². The molecule has 2 aromatic rings. The molecule has 0 atom stereocenters. The summed E-state index contributed by atoms with van der Waals surface area (Å²) in [5, 5.41) is 15.7. The van der Waals surface area contributed by atoms with E-state index in [1.807, 2.05) is 0 Å². The quantitative estimate of drug-likeness (QED) is 0.817. The summed E-state index contributed by atoms with van der Waals surface area (Å²) < 4.78 is 1.60. The molecule has 2 N–H and O–H groups in total. The number of amides is 1. The lowest BCUT2D eigenvalue weighted by molar-refractivity contribution is -0.116. The molecule has 94 valence electrons. The van der Waals surface area contributed by atoms with Gasteiger partial charge in [0.05, 0.1) is 13.2 Å². The van der Waals surface area contributed by atoms with Crippen molar-refractivity contribution < 1.29 is 9.90 Å². The van der Waals surface area contributed by atoms with Gasteiger partial charge in [-0.25, -0.2) is 4.98 Å². The summed E-state index contributed by atoms with van der Waals surface area (Å²) in [7, 11) is 0. The predicted molar refractivity (Wildman–Crippen MR) is 65.6 cm³/mol. The Bertz CT molecular complexity index is 511. The molecular formula is C12H14N4O2. The predicted octanol–water partition coefficient (Wildman–Crippen LogP) is 0.799. The number of aryl methyl sites for hydroxylation is 1. The van der Waals surface area contributed by atoms with Gasteiger partial charge < -0.3 is 10.4 Å². The number of hydrogen-bond acceptors (Lipinski definition) is 4. The second kappa shape index (κ2) is 5.92. The number of rotatable bonds is 5. The van der Waals surface area contributed by atoms with E-state index in [9.17, 15) is 4.79 Å². The van der Waals surface area contributed by atoms with Gasteiger partial charge in [0, 0.05) is 12.1 Å². The minimum absolute atomic E-state index is 0.0390. The molecule has 1 amide bonds. The minimum atomic E-state index is -0.0967. The van der Waals surface area contributed by atoms with Crippen molar-refractivity contribution in [3.8, 4) is 0 Å². The van der Waals surface area contributed by atoms with E-state index in [1.165, 1.54) is 6.33 Å². The Balaban J connectivity index is 1.86. The average Bonchev–Trinajstić information content (AvgIpc) is 2.90. The van der Waals surface area contributed by atoms with Crippen LogP contribution in [0, 0.1) is 0 Å². The van der Waals surface area contributed by atoms with Crippen molar-refractivity contribution in [3.63, 3.8) is 0 Å². The summed E-state index contributed by atoms with van der Waals surface area (Å²) >= 11 is 0. The van der Waals surface area contributed by atoms with Crippen molar-refractivity contribution in [2.45, 2.75) is 19.6 Å². The first-order valence-corrected chi connectivity index (χ1v) is 5.60. The molecule has 0 saturated carbocycles. The van der Waals surface area contributed by atoms with E-state index in [0.29, 0.717) is 18.7 Å². The molecule has 0 saturated heterocycles. The number of nitrogens with zero attached hydrogens (tertiary/aromatic N) is 3. The molecule has 0 aliphatic rings. The van der Waals surface area contributed by atoms with Crippen LogP contribution in [0.4, 0.5) is 5.69 Å². The van der Waals surface area contributed by atoms with E-state index in [1.54, 1.807) is 35.3 Å². The topological polar surface area (TPSA) is 80.0 Å². The molecule has 18 heavy (non-hydrogen) atoms. The van der Waals surface area contributed by atoms with Crippen molar-refractivity contribution >= 4 is 11.6 Å². The molecule has 0 aliphatic carbocycles. The average molecular weight is 246 g/mol. The molecule has 0 aliphatic heterocycles. The van der Waals surface area contributed by atoms with Crippen LogP contribution in [0.2, 0.25) is 0 Å². The Morgan fingerprint density at radius 1 is 1.44 bits per heavy atom. The van der Waals surface area contributed by atoms with E-state index >= 15 is 0 Å². The van der Waals surface area contributed by atoms with Crippen LogP contribution in [-0.2, 0) is 17.9 Å². The number of nitrogens with one attached hydrogen (secondary N) is 1. The molecule has 1 heterocycles. The zero-order valence-corrected chi connectivity index (χ0v) is 9.78. The van der Waals surface area contributed by atoms with Crippen molar-refractivity contribution in [1.82, 2.24) is 14.8 Å². The van der Waals surface area contributed by atoms with E-state index < -0.39 is 0 Å². The van der Waals surface area contributed by atoms with Gasteiger partial charge in [-0.15, -0.1) is 0 Å². The van der Waals surface area contributed by atoms with Gasteiger partial charge in [0.15, 0.2) is 0 Å². The lowest BCUT2D eigenvalue weighted by atomic mass is 10.2. The molecule has 2 rings (SSSR count). The van der Waals surface area contributed by atoms with Crippen LogP contribution in [-0.4, -0.2) is 25.8 Å². The Kier molecular flexibility index (Phi) is 4.03. The highest BCUT2D eigenvalue weighted by Crippen LogP contribution is 2.10. The van der Waals surface area contributed by atoms with E-state index in [-0.39, 0.29) is 12.5 Å². The monoisotopic (exact) mass is 246 g/mol. The van der Waals surface area contributed by atoms with Gasteiger partial charge in [0.1, 0.15) is 12.7 Å². The maximum atomic E-state index is 11.7. The summed E-state index contributed by atoms with van der Waals surface area (Å²) in [6, 6.07) is 7.11. The molecule has 6 heteroatoms. The second-order valence-corrected chi connectivity index (χ2v) is 3.82.